The molecule has 0 amide bonds. The lowest BCUT2D eigenvalue weighted by molar-refractivity contribution is 0.560. The van der Waals surface area contributed by atoms with Crippen LogP contribution in [0.5, 0.6) is 0 Å². The summed E-state index contributed by atoms with van der Waals surface area (Å²) in [4.78, 5) is 11.7. The molecule has 6 aromatic rings. The van der Waals surface area contributed by atoms with Gasteiger partial charge < -0.3 is 4.42 Å². The second kappa shape index (κ2) is 11.2. The lowest BCUT2D eigenvalue weighted by atomic mass is 9.13. The van der Waals surface area contributed by atoms with E-state index in [0.717, 1.165) is 10.3 Å². The van der Waals surface area contributed by atoms with Gasteiger partial charge in [-0.3, -0.25) is 0 Å². The molecule has 4 heteroatoms. The summed E-state index contributed by atoms with van der Waals surface area (Å²) in [5.41, 5.74) is 5.64. The van der Waals surface area contributed by atoms with Crippen LogP contribution in [0.2, 0.25) is 0 Å². The molecule has 180 valence electrons. The molecule has 0 unspecified atom stereocenters. The van der Waals surface area contributed by atoms with E-state index < -0.39 is 6.15 Å². The van der Waals surface area contributed by atoms with Gasteiger partial charge in [-0.05, 0) is 30.8 Å². The Kier molecular flexibility index (Phi) is 7.39. The van der Waals surface area contributed by atoms with E-state index in [9.17, 15) is 4.79 Å². The van der Waals surface area contributed by atoms with E-state index in [-0.39, 0.29) is 5.63 Å². The maximum Gasteiger partial charge on any atom is 0.336 e. The summed E-state index contributed by atoms with van der Waals surface area (Å²) < 4.78 is 4.96. The van der Waals surface area contributed by atoms with Gasteiger partial charge in [0.15, 0.2) is 4.90 Å². The molecule has 0 aliphatic carbocycles. The van der Waals surface area contributed by atoms with E-state index in [0.29, 0.717) is 5.58 Å². The fourth-order valence-electron chi connectivity index (χ4n) is 5.22. The third-order valence-electron chi connectivity index (χ3n) is 6.86. The van der Waals surface area contributed by atoms with Gasteiger partial charge in [0.05, 0.1) is 5.39 Å². The fourth-order valence-corrected chi connectivity index (χ4v) is 5.52. The molecule has 0 fully saturated rings. The molecule has 0 bridgehead atoms. The lowest BCUT2D eigenvalue weighted by Crippen LogP contribution is -2.74. The van der Waals surface area contributed by atoms with Gasteiger partial charge in [0.2, 0.25) is 0 Å². The minimum absolute atomic E-state index is 0.320. The smallest absolute Gasteiger partial charge is 0.336 e. The van der Waals surface area contributed by atoms with Crippen LogP contribution in [-0.4, -0.2) is 6.15 Å². The van der Waals surface area contributed by atoms with Crippen LogP contribution < -0.4 is 27.5 Å². The largest absolute Gasteiger partial charge is 0.423 e. The molecule has 0 aliphatic rings. The molecule has 1 aromatic heterocycles. The number of benzene rings is 5. The normalized spacial score (nSPS) is 10.9. The summed E-state index contributed by atoms with van der Waals surface area (Å²) in [7, 11) is 0. The van der Waals surface area contributed by atoms with E-state index in [2.05, 4.69) is 134 Å². The van der Waals surface area contributed by atoms with E-state index in [1.807, 2.05) is 12.1 Å². The third kappa shape index (κ3) is 5.02. The Labute approximate surface area is 222 Å². The summed E-state index contributed by atoms with van der Waals surface area (Å²) in [5, 5.41) is 0.911. The molecule has 0 saturated carbocycles. The number of hydrogen-bond acceptors (Lipinski definition) is 2. The molecule has 5 aromatic carbocycles. The molecule has 0 atom stereocenters. The van der Waals surface area contributed by atoms with Crippen molar-refractivity contribution in [1.82, 2.24) is 0 Å². The van der Waals surface area contributed by atoms with Gasteiger partial charge in [-0.2, -0.15) is 21.9 Å². The minimum atomic E-state index is -1.22. The van der Waals surface area contributed by atoms with Crippen LogP contribution in [-0.2, 0) is 12.6 Å². The third-order valence-corrected chi connectivity index (χ3v) is 7.30. The van der Waals surface area contributed by atoms with Crippen molar-refractivity contribution in [1.29, 1.82) is 0 Å². The zero-order chi connectivity index (χ0) is 25.5. The first-order chi connectivity index (χ1) is 18.2. The van der Waals surface area contributed by atoms with Gasteiger partial charge >= 0.3 is 5.63 Å². The average molecular weight is 498 g/mol. The van der Waals surface area contributed by atoms with Crippen molar-refractivity contribution in [3.63, 3.8) is 0 Å². The number of rotatable bonds is 4. The van der Waals surface area contributed by atoms with Gasteiger partial charge in [0.1, 0.15) is 11.7 Å². The van der Waals surface area contributed by atoms with Gasteiger partial charge in [0, 0.05) is 6.07 Å². The zero-order valence-electron chi connectivity index (χ0n) is 20.3. The molecular weight excluding hydrogens is 471 g/mol. The molecule has 0 N–H and O–H groups in total. The van der Waals surface area contributed by atoms with Gasteiger partial charge in [0.25, 0.3) is 0 Å². The molecule has 0 spiro atoms. The summed E-state index contributed by atoms with van der Waals surface area (Å²) in [5.74, 6) is 0. The molecule has 6 rings (SSSR count). The summed E-state index contributed by atoms with van der Waals surface area (Å²) in [6.07, 6.45) is -1.22. The highest BCUT2D eigenvalue weighted by Gasteiger charge is 2.31. The van der Waals surface area contributed by atoms with Crippen molar-refractivity contribution < 1.29 is 4.42 Å². The standard InChI is InChI=1S/C24H20B.C9H6O2S/c1-5-13-21(14-6-1)25(22-15-7-2-8-16-22,23-17-9-3-10-18-23)24-19-11-4-12-20-24;10-9-5-4-6-7(11-9)2-1-3-8(6)12/h1-20H;1-5,12H/q-1;/p+1. The van der Waals surface area contributed by atoms with Crippen molar-refractivity contribution in [3.05, 3.63) is 162 Å². The van der Waals surface area contributed by atoms with Crippen molar-refractivity contribution in [2.24, 2.45) is 0 Å². The highest BCUT2D eigenvalue weighted by molar-refractivity contribution is 7.59. The molecule has 37 heavy (non-hydrogen) atoms. The van der Waals surface area contributed by atoms with Gasteiger partial charge in [-0.25, -0.2) is 4.79 Å². The van der Waals surface area contributed by atoms with E-state index in [1.54, 1.807) is 12.1 Å². The van der Waals surface area contributed by atoms with E-state index >= 15 is 0 Å². The molecule has 2 nitrogen and oxygen atoms in total. The summed E-state index contributed by atoms with van der Waals surface area (Å²) in [6, 6.07) is 52.2. The van der Waals surface area contributed by atoms with Crippen LogP contribution in [0.15, 0.2) is 166 Å². The Hall–Kier alpha value is -4.28. The Balaban J connectivity index is 0.000000195. The van der Waals surface area contributed by atoms with E-state index in [4.69, 9.17) is 4.42 Å². The van der Waals surface area contributed by atoms with Gasteiger partial charge in [-0.15, -0.1) is 0 Å². The maximum absolute atomic E-state index is 10.8. The van der Waals surface area contributed by atoms with E-state index in [1.165, 1.54) is 27.9 Å². The highest BCUT2D eigenvalue weighted by atomic mass is 32.1. The average Bonchev–Trinajstić information content (AvgIpc) is 2.96. The van der Waals surface area contributed by atoms with Crippen LogP contribution in [0.4, 0.5) is 0 Å². The van der Waals surface area contributed by atoms with Crippen LogP contribution >= 0.6 is 0 Å². The Bertz CT molecular complexity index is 1470. The predicted octanol–water partition coefficient (Wildman–Crippen LogP) is 4.23. The zero-order valence-corrected chi connectivity index (χ0v) is 21.3. The monoisotopic (exact) mass is 498 g/mol. The quantitative estimate of drug-likeness (QED) is 0.207. The first-order valence-electron chi connectivity index (χ1n) is 12.3. The molecule has 1 heterocycles. The van der Waals surface area contributed by atoms with Crippen molar-refractivity contribution in [2.45, 2.75) is 4.90 Å². The second-order valence-electron chi connectivity index (χ2n) is 8.98. The van der Waals surface area contributed by atoms with Crippen LogP contribution in [0.3, 0.4) is 0 Å². The Morgan fingerprint density at radius 2 is 0.865 bits per heavy atom. The minimum Gasteiger partial charge on any atom is -0.423 e. The number of fused-ring (bicyclic) bond motifs is 1. The highest BCUT2D eigenvalue weighted by Crippen LogP contribution is 2.15. The lowest BCUT2D eigenvalue weighted by Gasteiger charge is -2.44. The SMILES string of the molecule is O=c1ccc2c([SH2+])cccc2o1.c1ccc([B-](c2ccccc2)(c2ccccc2)c2ccccc2)cc1. The van der Waals surface area contributed by atoms with Gasteiger partial charge in [-0.1, -0.05) is 127 Å². The van der Waals surface area contributed by atoms with Crippen LogP contribution in [0, 0.1) is 0 Å². The summed E-state index contributed by atoms with van der Waals surface area (Å²) >= 11 is 3.41. The fraction of sp³-hybridized carbons (Fsp3) is 0. The second-order valence-corrected chi connectivity index (χ2v) is 9.52. The number of hydrogen-bond donors (Lipinski definition) is 0. The molecule has 0 aliphatic heterocycles. The van der Waals surface area contributed by atoms with Crippen molar-refractivity contribution >= 4 is 51.6 Å². The molecular formula is C33H27BO2S. The summed E-state index contributed by atoms with van der Waals surface area (Å²) in [6.45, 7) is 0. The Morgan fingerprint density at radius 1 is 0.459 bits per heavy atom. The van der Waals surface area contributed by atoms with Crippen LogP contribution in [0.1, 0.15) is 0 Å². The first kappa shape index (κ1) is 24.4. The first-order valence-corrected chi connectivity index (χ1v) is 12.8. The molecule has 0 saturated heterocycles. The predicted molar refractivity (Wildman–Crippen MR) is 161 cm³/mol. The maximum atomic E-state index is 10.8. The molecule has 0 radical (unpaired) electrons. The Morgan fingerprint density at radius 3 is 1.27 bits per heavy atom. The topological polar surface area (TPSA) is 30.2 Å². The van der Waals surface area contributed by atoms with Crippen molar-refractivity contribution in [2.75, 3.05) is 0 Å². The van der Waals surface area contributed by atoms with Crippen molar-refractivity contribution in [3.8, 4) is 0 Å². The van der Waals surface area contributed by atoms with Crippen LogP contribution in [0.25, 0.3) is 11.0 Å².